The number of hydrogen-bond acceptors (Lipinski definition) is 5. The summed E-state index contributed by atoms with van der Waals surface area (Å²) in [5.41, 5.74) is 1.50. The number of rotatable bonds is 4. The molecule has 0 aliphatic heterocycles. The molecule has 5 nitrogen and oxygen atoms in total. The van der Waals surface area contributed by atoms with Gasteiger partial charge >= 0.3 is 0 Å². The van der Waals surface area contributed by atoms with Gasteiger partial charge in [-0.1, -0.05) is 22.9 Å². The minimum Gasteiger partial charge on any atom is -0.484 e. The Hall–Kier alpha value is -1.73. The average Bonchev–Trinajstić information content (AvgIpc) is 2.83. The van der Waals surface area contributed by atoms with E-state index in [2.05, 4.69) is 15.5 Å². The molecule has 0 radical (unpaired) electrons. The summed E-state index contributed by atoms with van der Waals surface area (Å²) in [4.78, 5) is 11.4. The van der Waals surface area contributed by atoms with Crippen LogP contribution in [0.3, 0.4) is 0 Å². The largest absolute Gasteiger partial charge is 0.484 e. The summed E-state index contributed by atoms with van der Waals surface area (Å²) in [5.74, 6) is -0.608. The zero-order chi connectivity index (χ0) is 13.0. The Labute approximate surface area is 111 Å². The first-order valence-corrected chi connectivity index (χ1v) is 6.05. The minimum absolute atomic E-state index is 0.0583. The molecule has 94 valence electrons. The van der Waals surface area contributed by atoms with Crippen LogP contribution in [0.1, 0.15) is 0 Å². The lowest BCUT2D eigenvalue weighted by Gasteiger charge is -2.06. The molecular formula is C10H7ClFN3O2S. The molecular weight excluding hydrogens is 281 g/mol. The number of nitrogens with one attached hydrogen (secondary N) is 1. The molecule has 18 heavy (non-hydrogen) atoms. The SMILES string of the molecule is O=C(COc1ccc(F)c(Cl)c1)Nc1nncs1. The van der Waals surface area contributed by atoms with Crippen molar-refractivity contribution < 1.29 is 13.9 Å². The second kappa shape index (κ2) is 5.74. The van der Waals surface area contributed by atoms with Crippen LogP contribution in [0, 0.1) is 5.82 Å². The average molecular weight is 288 g/mol. The van der Waals surface area contributed by atoms with Crippen LogP contribution in [-0.4, -0.2) is 22.7 Å². The molecule has 0 saturated carbocycles. The molecule has 0 aliphatic rings. The zero-order valence-corrected chi connectivity index (χ0v) is 10.5. The van der Waals surface area contributed by atoms with Gasteiger partial charge in [-0.3, -0.25) is 10.1 Å². The van der Waals surface area contributed by atoms with E-state index in [1.165, 1.54) is 35.0 Å². The molecule has 8 heteroatoms. The smallest absolute Gasteiger partial charge is 0.264 e. The molecule has 0 bridgehead atoms. The standard InChI is InChI=1S/C10H7ClFN3O2S/c11-7-3-6(1-2-8(7)12)17-4-9(16)14-10-15-13-5-18-10/h1-3,5H,4H2,(H,14,15,16). The van der Waals surface area contributed by atoms with Gasteiger partial charge in [0.2, 0.25) is 5.13 Å². The Balaban J connectivity index is 1.87. The van der Waals surface area contributed by atoms with E-state index in [4.69, 9.17) is 16.3 Å². The van der Waals surface area contributed by atoms with Gasteiger partial charge in [0, 0.05) is 6.07 Å². The third-order valence-corrected chi connectivity index (χ3v) is 2.76. The van der Waals surface area contributed by atoms with Crippen molar-refractivity contribution in [3.8, 4) is 5.75 Å². The van der Waals surface area contributed by atoms with Crippen molar-refractivity contribution in [3.05, 3.63) is 34.5 Å². The molecule has 1 amide bonds. The summed E-state index contributed by atoms with van der Waals surface area (Å²) in [6, 6.07) is 3.86. The van der Waals surface area contributed by atoms with Crippen molar-refractivity contribution in [2.45, 2.75) is 0 Å². The normalized spacial score (nSPS) is 10.1. The highest BCUT2D eigenvalue weighted by Crippen LogP contribution is 2.21. The maximum atomic E-state index is 12.9. The Bertz CT molecular complexity index is 550. The van der Waals surface area contributed by atoms with Crippen molar-refractivity contribution in [2.75, 3.05) is 11.9 Å². The Morgan fingerprint density at radius 2 is 2.39 bits per heavy atom. The van der Waals surface area contributed by atoms with Crippen molar-refractivity contribution in [2.24, 2.45) is 0 Å². The van der Waals surface area contributed by atoms with Crippen LogP contribution in [0.15, 0.2) is 23.7 Å². The highest BCUT2D eigenvalue weighted by atomic mass is 35.5. The lowest BCUT2D eigenvalue weighted by atomic mass is 10.3. The summed E-state index contributed by atoms with van der Waals surface area (Å²) < 4.78 is 18.0. The topological polar surface area (TPSA) is 64.1 Å². The monoisotopic (exact) mass is 287 g/mol. The fourth-order valence-corrected chi connectivity index (χ4v) is 1.73. The molecule has 0 saturated heterocycles. The Morgan fingerprint density at radius 1 is 1.56 bits per heavy atom. The number of benzene rings is 1. The zero-order valence-electron chi connectivity index (χ0n) is 8.89. The second-order valence-corrected chi connectivity index (χ2v) is 4.40. The first-order valence-electron chi connectivity index (χ1n) is 4.79. The van der Waals surface area contributed by atoms with Crippen LogP contribution < -0.4 is 10.1 Å². The van der Waals surface area contributed by atoms with Gasteiger partial charge in [0.05, 0.1) is 5.02 Å². The summed E-state index contributed by atoms with van der Waals surface area (Å²) in [6.45, 7) is -0.221. The fraction of sp³-hybridized carbons (Fsp3) is 0.100. The number of aromatic nitrogens is 2. The number of anilines is 1. The number of amides is 1. The molecule has 1 N–H and O–H groups in total. The van der Waals surface area contributed by atoms with Crippen LogP contribution in [0.5, 0.6) is 5.75 Å². The molecule has 2 aromatic rings. The van der Waals surface area contributed by atoms with Gasteiger partial charge in [0.1, 0.15) is 17.1 Å². The van der Waals surface area contributed by atoms with Crippen LogP contribution in [0.4, 0.5) is 9.52 Å². The van der Waals surface area contributed by atoms with Crippen molar-refractivity contribution in [1.82, 2.24) is 10.2 Å². The highest BCUT2D eigenvalue weighted by Gasteiger charge is 2.07. The van der Waals surface area contributed by atoms with Crippen LogP contribution in [0.2, 0.25) is 5.02 Å². The summed E-state index contributed by atoms with van der Waals surface area (Å²) in [6.07, 6.45) is 0. The van der Waals surface area contributed by atoms with E-state index in [1.54, 1.807) is 0 Å². The first kappa shape index (κ1) is 12.7. The maximum absolute atomic E-state index is 12.9. The van der Waals surface area contributed by atoms with E-state index in [0.29, 0.717) is 10.9 Å². The molecule has 0 fully saturated rings. The van der Waals surface area contributed by atoms with E-state index < -0.39 is 5.82 Å². The van der Waals surface area contributed by atoms with Crippen LogP contribution in [0.25, 0.3) is 0 Å². The quantitative estimate of drug-likeness (QED) is 0.937. The lowest BCUT2D eigenvalue weighted by Crippen LogP contribution is -2.20. The van der Waals surface area contributed by atoms with Gasteiger partial charge in [-0.15, -0.1) is 10.2 Å². The van der Waals surface area contributed by atoms with E-state index in [9.17, 15) is 9.18 Å². The fourth-order valence-electron chi connectivity index (χ4n) is 1.10. The number of halogens is 2. The molecule has 0 atom stereocenters. The van der Waals surface area contributed by atoms with Gasteiger partial charge in [0.25, 0.3) is 5.91 Å². The summed E-state index contributed by atoms with van der Waals surface area (Å²) >= 11 is 6.77. The molecule has 2 rings (SSSR count). The second-order valence-electron chi connectivity index (χ2n) is 3.16. The number of carbonyl (C=O) groups excluding carboxylic acids is 1. The van der Waals surface area contributed by atoms with E-state index in [1.807, 2.05) is 0 Å². The predicted octanol–water partition coefficient (Wildman–Crippen LogP) is 2.35. The van der Waals surface area contributed by atoms with Crippen molar-refractivity contribution >= 4 is 34.0 Å². The summed E-state index contributed by atoms with van der Waals surface area (Å²) in [5, 5.41) is 10.0. The first-order chi connectivity index (χ1) is 8.65. The number of carbonyl (C=O) groups is 1. The highest BCUT2D eigenvalue weighted by molar-refractivity contribution is 7.13. The maximum Gasteiger partial charge on any atom is 0.264 e. The molecule has 0 aliphatic carbocycles. The van der Waals surface area contributed by atoms with Crippen LogP contribution >= 0.6 is 22.9 Å². The molecule has 1 aromatic heterocycles. The Kier molecular flexibility index (Phi) is 4.06. The van der Waals surface area contributed by atoms with Gasteiger partial charge in [0.15, 0.2) is 6.61 Å². The van der Waals surface area contributed by atoms with Crippen LogP contribution in [-0.2, 0) is 4.79 Å². The van der Waals surface area contributed by atoms with E-state index in [-0.39, 0.29) is 17.5 Å². The Morgan fingerprint density at radius 3 is 3.06 bits per heavy atom. The van der Waals surface area contributed by atoms with Crippen molar-refractivity contribution in [1.29, 1.82) is 0 Å². The van der Waals surface area contributed by atoms with Crippen molar-refractivity contribution in [3.63, 3.8) is 0 Å². The van der Waals surface area contributed by atoms with Gasteiger partial charge in [-0.05, 0) is 12.1 Å². The van der Waals surface area contributed by atoms with E-state index in [0.717, 1.165) is 0 Å². The van der Waals surface area contributed by atoms with Gasteiger partial charge in [-0.25, -0.2) is 4.39 Å². The predicted molar refractivity (Wildman–Crippen MR) is 65.4 cm³/mol. The third-order valence-electron chi connectivity index (χ3n) is 1.87. The third kappa shape index (κ3) is 3.38. The molecule has 0 spiro atoms. The van der Waals surface area contributed by atoms with E-state index >= 15 is 0 Å². The molecule has 1 heterocycles. The lowest BCUT2D eigenvalue weighted by molar-refractivity contribution is -0.118. The number of nitrogens with zero attached hydrogens (tertiary/aromatic N) is 2. The van der Waals surface area contributed by atoms with Gasteiger partial charge < -0.3 is 4.74 Å². The summed E-state index contributed by atoms with van der Waals surface area (Å²) in [7, 11) is 0. The van der Waals surface area contributed by atoms with Gasteiger partial charge in [-0.2, -0.15) is 0 Å². The number of ether oxygens (including phenoxy) is 1. The molecule has 1 aromatic carbocycles. The number of hydrogen-bond donors (Lipinski definition) is 1. The molecule has 0 unspecified atom stereocenters. The minimum atomic E-state index is -0.540.